The van der Waals surface area contributed by atoms with Crippen molar-refractivity contribution in [3.05, 3.63) is 83.5 Å². The molecule has 0 saturated heterocycles. The van der Waals surface area contributed by atoms with E-state index in [0.717, 1.165) is 12.1 Å². The largest absolute Gasteiger partial charge is 0.416 e. The van der Waals surface area contributed by atoms with E-state index in [-0.39, 0.29) is 5.57 Å². The van der Waals surface area contributed by atoms with Crippen LogP contribution in [0.1, 0.15) is 5.56 Å². The summed E-state index contributed by atoms with van der Waals surface area (Å²) in [5.74, 6) is -0.947. The van der Waals surface area contributed by atoms with E-state index in [4.69, 9.17) is 0 Å². The zero-order valence-corrected chi connectivity index (χ0v) is 15.3. The van der Waals surface area contributed by atoms with Gasteiger partial charge in [-0.05, 0) is 48.5 Å². The second-order valence-electron chi connectivity index (χ2n) is 6.39. The highest BCUT2D eigenvalue weighted by molar-refractivity contribution is 5.99. The molecule has 2 aromatic rings. The van der Waals surface area contributed by atoms with Crippen molar-refractivity contribution < 1.29 is 22.4 Å². The molecule has 0 spiro atoms. The molecular weight excluding hydrogens is 388 g/mol. The molecule has 1 aliphatic heterocycles. The minimum atomic E-state index is -4.42. The van der Waals surface area contributed by atoms with Crippen molar-refractivity contribution in [1.82, 2.24) is 10.3 Å². The first-order valence-corrected chi connectivity index (χ1v) is 8.61. The Hall–Kier alpha value is -3.49. The third-order valence-corrected chi connectivity index (χ3v) is 4.10. The van der Waals surface area contributed by atoms with Crippen LogP contribution >= 0.6 is 0 Å². The highest BCUT2D eigenvalue weighted by atomic mass is 19.4. The Morgan fingerprint density at radius 3 is 2.45 bits per heavy atom. The Labute approximate surface area is 164 Å². The number of halogens is 4. The van der Waals surface area contributed by atoms with Crippen molar-refractivity contribution in [3.63, 3.8) is 0 Å². The number of anilines is 2. The Morgan fingerprint density at radius 1 is 1.07 bits per heavy atom. The van der Waals surface area contributed by atoms with Gasteiger partial charge in [-0.25, -0.2) is 4.39 Å². The lowest BCUT2D eigenvalue weighted by Crippen LogP contribution is -2.34. The van der Waals surface area contributed by atoms with Crippen molar-refractivity contribution in [1.29, 1.82) is 0 Å². The molecule has 0 radical (unpaired) electrons. The fourth-order valence-electron chi connectivity index (χ4n) is 2.65. The number of rotatable bonds is 5. The molecule has 0 aliphatic carbocycles. The van der Waals surface area contributed by atoms with Crippen LogP contribution in [-0.2, 0) is 11.0 Å². The van der Waals surface area contributed by atoms with Crippen LogP contribution in [0.25, 0.3) is 0 Å². The van der Waals surface area contributed by atoms with E-state index in [9.17, 15) is 22.4 Å². The monoisotopic (exact) mass is 406 g/mol. The average Bonchev–Trinajstić information content (AvgIpc) is 2.67. The molecule has 0 aromatic heterocycles. The maximum Gasteiger partial charge on any atom is 0.416 e. The van der Waals surface area contributed by atoms with Gasteiger partial charge in [0.05, 0.1) is 22.5 Å². The number of carbonyl (C=O) groups is 1. The van der Waals surface area contributed by atoms with Crippen LogP contribution in [0, 0.1) is 5.82 Å². The minimum Gasteiger partial charge on any atom is -0.376 e. The number of benzene rings is 2. The first-order chi connectivity index (χ1) is 13.7. The molecule has 5 nitrogen and oxygen atoms in total. The maximum absolute atomic E-state index is 13.2. The summed E-state index contributed by atoms with van der Waals surface area (Å²) in [6, 6.07) is 10.1. The number of likely N-dealkylation sites (N-methyl/N-ethyl adjacent to an activating group) is 1. The van der Waals surface area contributed by atoms with Crippen LogP contribution in [0.3, 0.4) is 0 Å². The van der Waals surface area contributed by atoms with Gasteiger partial charge in [0, 0.05) is 25.5 Å². The molecule has 0 saturated carbocycles. The Bertz CT molecular complexity index is 952. The van der Waals surface area contributed by atoms with Crippen LogP contribution in [0.15, 0.2) is 72.1 Å². The lowest BCUT2D eigenvalue weighted by atomic mass is 10.1. The minimum absolute atomic E-state index is 0.266. The van der Waals surface area contributed by atoms with Crippen molar-refractivity contribution in [2.75, 3.05) is 24.3 Å². The SMILES string of the molecule is CN1C=C(C(=O)NNc2cccc(F)c2)C(Nc2ccc(C(F)(F)F)cc2)=CC1. The number of hydrazine groups is 1. The highest BCUT2D eigenvalue weighted by Crippen LogP contribution is 2.30. The van der Waals surface area contributed by atoms with E-state index >= 15 is 0 Å². The Balaban J connectivity index is 1.71. The van der Waals surface area contributed by atoms with E-state index in [1.807, 2.05) is 0 Å². The molecule has 0 fully saturated rings. The molecule has 152 valence electrons. The smallest absolute Gasteiger partial charge is 0.376 e. The Morgan fingerprint density at radius 2 is 1.79 bits per heavy atom. The van der Waals surface area contributed by atoms with Crippen molar-refractivity contribution in [3.8, 4) is 0 Å². The molecule has 0 unspecified atom stereocenters. The summed E-state index contributed by atoms with van der Waals surface area (Å²) in [6.07, 6.45) is -1.07. The molecular formula is C20H18F4N4O. The quantitative estimate of drug-likeness (QED) is 0.517. The van der Waals surface area contributed by atoms with Crippen LogP contribution < -0.4 is 16.2 Å². The van der Waals surface area contributed by atoms with Gasteiger partial charge in [-0.3, -0.25) is 15.6 Å². The molecule has 29 heavy (non-hydrogen) atoms. The molecule has 1 amide bonds. The molecule has 9 heteroatoms. The van der Waals surface area contributed by atoms with Gasteiger partial charge >= 0.3 is 6.18 Å². The number of alkyl halides is 3. The summed E-state index contributed by atoms with van der Waals surface area (Å²) < 4.78 is 51.4. The van der Waals surface area contributed by atoms with E-state index in [2.05, 4.69) is 16.2 Å². The summed E-state index contributed by atoms with van der Waals surface area (Å²) in [4.78, 5) is 14.4. The van der Waals surface area contributed by atoms with Gasteiger partial charge in [0.25, 0.3) is 5.91 Å². The van der Waals surface area contributed by atoms with Crippen LogP contribution in [0.2, 0.25) is 0 Å². The first kappa shape index (κ1) is 20.2. The van der Waals surface area contributed by atoms with E-state index in [0.29, 0.717) is 23.6 Å². The van der Waals surface area contributed by atoms with Gasteiger partial charge in [0.2, 0.25) is 0 Å². The fraction of sp³-hybridized carbons (Fsp3) is 0.150. The predicted molar refractivity (Wildman–Crippen MR) is 102 cm³/mol. The van der Waals surface area contributed by atoms with Gasteiger partial charge < -0.3 is 10.2 Å². The lowest BCUT2D eigenvalue weighted by molar-refractivity contribution is -0.137. The van der Waals surface area contributed by atoms with Gasteiger partial charge in [-0.15, -0.1) is 0 Å². The van der Waals surface area contributed by atoms with E-state index < -0.39 is 23.5 Å². The third-order valence-electron chi connectivity index (χ3n) is 4.10. The van der Waals surface area contributed by atoms with Gasteiger partial charge in [0.1, 0.15) is 5.82 Å². The number of carbonyl (C=O) groups excluding carboxylic acids is 1. The number of nitrogens with zero attached hydrogens (tertiary/aromatic N) is 1. The van der Waals surface area contributed by atoms with Gasteiger partial charge in [-0.2, -0.15) is 13.2 Å². The van der Waals surface area contributed by atoms with Crippen LogP contribution in [-0.4, -0.2) is 24.4 Å². The number of nitrogens with one attached hydrogen (secondary N) is 3. The third kappa shape index (κ3) is 5.28. The number of hydrogen-bond acceptors (Lipinski definition) is 4. The molecule has 1 heterocycles. The zero-order valence-electron chi connectivity index (χ0n) is 15.3. The van der Waals surface area contributed by atoms with Crippen LogP contribution in [0.5, 0.6) is 0 Å². The van der Waals surface area contributed by atoms with Gasteiger partial charge in [0.15, 0.2) is 0 Å². The second kappa shape index (κ2) is 8.26. The second-order valence-corrected chi connectivity index (χ2v) is 6.39. The van der Waals surface area contributed by atoms with Crippen molar-refractivity contribution >= 4 is 17.3 Å². The first-order valence-electron chi connectivity index (χ1n) is 8.61. The summed E-state index contributed by atoms with van der Waals surface area (Å²) in [5, 5.41) is 2.97. The number of hydrogen-bond donors (Lipinski definition) is 3. The van der Waals surface area contributed by atoms with Crippen molar-refractivity contribution in [2.24, 2.45) is 0 Å². The van der Waals surface area contributed by atoms with E-state index in [1.165, 1.54) is 30.3 Å². The van der Waals surface area contributed by atoms with E-state index in [1.54, 1.807) is 30.3 Å². The molecule has 0 atom stereocenters. The highest BCUT2D eigenvalue weighted by Gasteiger charge is 2.30. The lowest BCUT2D eigenvalue weighted by Gasteiger charge is -2.24. The maximum atomic E-state index is 13.2. The molecule has 3 rings (SSSR count). The molecule has 1 aliphatic rings. The fourth-order valence-corrected chi connectivity index (χ4v) is 2.65. The normalized spacial score (nSPS) is 14.0. The summed E-state index contributed by atoms with van der Waals surface area (Å²) in [6.45, 7) is 0.511. The number of amides is 1. The summed E-state index contributed by atoms with van der Waals surface area (Å²) in [7, 11) is 1.78. The zero-order chi connectivity index (χ0) is 21.0. The predicted octanol–water partition coefficient (Wildman–Crippen LogP) is 4.11. The standard InChI is InChI=1S/C20H18F4N4O/c1-28-10-9-18(25-15-7-5-13(6-8-15)20(22,23)24)17(12-28)19(29)27-26-16-4-2-3-14(21)11-16/h2-9,11-12,25-26H,10H2,1H3,(H,27,29). The summed E-state index contributed by atoms with van der Waals surface area (Å²) >= 11 is 0. The topological polar surface area (TPSA) is 56.4 Å². The summed E-state index contributed by atoms with van der Waals surface area (Å²) in [5.41, 5.74) is 5.84. The van der Waals surface area contributed by atoms with Crippen LogP contribution in [0.4, 0.5) is 28.9 Å². The van der Waals surface area contributed by atoms with Gasteiger partial charge in [-0.1, -0.05) is 6.07 Å². The average molecular weight is 406 g/mol. The Kier molecular flexibility index (Phi) is 5.76. The molecule has 0 bridgehead atoms. The molecule has 2 aromatic carbocycles. The molecule has 3 N–H and O–H groups in total. The van der Waals surface area contributed by atoms with Crippen molar-refractivity contribution in [2.45, 2.75) is 6.18 Å².